The van der Waals surface area contributed by atoms with Crippen LogP contribution in [0.15, 0.2) is 72.8 Å². The molecular weight excluding hydrogens is 400 g/mol. The molecule has 0 amide bonds. The molecule has 5 rings (SSSR count). The zero-order chi connectivity index (χ0) is 22.2. The number of benzene rings is 4. The molecule has 4 aromatic rings. The Bertz CT molecular complexity index is 1730. The van der Waals surface area contributed by atoms with E-state index in [0.29, 0.717) is 0 Å². The molecule has 4 nitrogen and oxygen atoms in total. The van der Waals surface area contributed by atoms with E-state index in [4.69, 9.17) is 18.9 Å². The van der Waals surface area contributed by atoms with Crippen molar-refractivity contribution in [2.45, 2.75) is 0 Å². The third-order valence-electron chi connectivity index (χ3n) is 6.07. The summed E-state index contributed by atoms with van der Waals surface area (Å²) in [6, 6.07) is 24.5. The molecule has 4 heteroatoms. The van der Waals surface area contributed by atoms with E-state index in [1.165, 1.54) is 0 Å². The van der Waals surface area contributed by atoms with Crippen LogP contribution in [0.25, 0.3) is 0 Å². The molecule has 0 atom stereocenters. The fourth-order valence-corrected chi connectivity index (χ4v) is 4.73. The van der Waals surface area contributed by atoms with Gasteiger partial charge in [-0.05, 0) is 45.1 Å². The molecule has 0 spiro atoms. The van der Waals surface area contributed by atoms with Gasteiger partial charge in [0.1, 0.15) is 23.0 Å². The largest absolute Gasteiger partial charge is 0.496 e. The first-order valence-electron chi connectivity index (χ1n) is 10.4. The standard InChI is InChI=1S/C28H24O4/c1-29-21-13-7-11-18-17-9-5-6-10-19(17)26-23(31-3)15-16-24(32-4)28(26)27-20(25(18)21)12-8-14-22(27)30-2/h5-16H,1-4H3/b18-17-,25-20+,26-19-,28-27+. The van der Waals surface area contributed by atoms with Gasteiger partial charge in [0.25, 0.3) is 0 Å². The van der Waals surface area contributed by atoms with Gasteiger partial charge in [-0.2, -0.15) is 0 Å². The molecule has 0 bridgehead atoms. The van der Waals surface area contributed by atoms with Crippen molar-refractivity contribution in [2.75, 3.05) is 28.4 Å². The predicted molar refractivity (Wildman–Crippen MR) is 123 cm³/mol. The van der Waals surface area contributed by atoms with Crippen LogP contribution in [-0.4, -0.2) is 28.4 Å². The zero-order valence-corrected chi connectivity index (χ0v) is 18.6. The quantitative estimate of drug-likeness (QED) is 0.398. The van der Waals surface area contributed by atoms with Crippen molar-refractivity contribution in [1.82, 2.24) is 0 Å². The van der Waals surface area contributed by atoms with Gasteiger partial charge in [0.15, 0.2) is 0 Å². The Morgan fingerprint density at radius 2 is 0.812 bits per heavy atom. The normalized spacial score (nSPS) is 15.6. The summed E-state index contributed by atoms with van der Waals surface area (Å²) < 4.78 is 23.5. The Morgan fingerprint density at radius 3 is 1.44 bits per heavy atom. The highest BCUT2D eigenvalue weighted by molar-refractivity contribution is 5.45. The summed E-state index contributed by atoms with van der Waals surface area (Å²) in [5.74, 6) is 3.08. The Labute approximate surface area is 185 Å². The minimum atomic E-state index is 0.750. The summed E-state index contributed by atoms with van der Waals surface area (Å²) in [7, 11) is 6.79. The van der Waals surface area contributed by atoms with Crippen LogP contribution in [0.5, 0.6) is 23.0 Å². The van der Waals surface area contributed by atoms with Crippen molar-refractivity contribution in [3.63, 3.8) is 0 Å². The Kier molecular flexibility index (Phi) is 4.98. The summed E-state index contributed by atoms with van der Waals surface area (Å²) in [5.41, 5.74) is 0. The van der Waals surface area contributed by atoms with Crippen LogP contribution in [0.1, 0.15) is 0 Å². The number of hydrogen-bond donors (Lipinski definition) is 0. The molecule has 0 aliphatic heterocycles. The second-order valence-corrected chi connectivity index (χ2v) is 7.53. The van der Waals surface area contributed by atoms with Crippen LogP contribution < -0.4 is 18.9 Å². The molecule has 0 heterocycles. The summed E-state index contributed by atoms with van der Waals surface area (Å²) in [6.45, 7) is 0. The summed E-state index contributed by atoms with van der Waals surface area (Å²) in [5, 5.41) is 8.13. The van der Waals surface area contributed by atoms with Crippen molar-refractivity contribution in [1.29, 1.82) is 0 Å². The smallest absolute Gasteiger partial charge is 0.127 e. The van der Waals surface area contributed by atoms with Gasteiger partial charge in [0, 0.05) is 20.9 Å². The summed E-state index contributed by atoms with van der Waals surface area (Å²) in [6.07, 6.45) is 0. The minimum Gasteiger partial charge on any atom is -0.496 e. The van der Waals surface area contributed by atoms with Crippen LogP contribution in [0, 0.1) is 41.7 Å². The molecule has 32 heavy (non-hydrogen) atoms. The third-order valence-corrected chi connectivity index (χ3v) is 6.07. The second-order valence-electron chi connectivity index (χ2n) is 7.53. The first-order chi connectivity index (χ1) is 15.7. The van der Waals surface area contributed by atoms with Gasteiger partial charge >= 0.3 is 0 Å². The van der Waals surface area contributed by atoms with Crippen molar-refractivity contribution in [3.05, 3.63) is 115 Å². The molecule has 1 aliphatic rings. The third kappa shape index (κ3) is 2.83. The van der Waals surface area contributed by atoms with E-state index in [9.17, 15) is 0 Å². The van der Waals surface area contributed by atoms with Crippen LogP contribution in [-0.2, 0) is 0 Å². The van der Waals surface area contributed by atoms with E-state index in [0.717, 1.165) is 64.7 Å². The Morgan fingerprint density at radius 1 is 0.344 bits per heavy atom. The van der Waals surface area contributed by atoms with Gasteiger partial charge in [-0.15, -0.1) is 0 Å². The van der Waals surface area contributed by atoms with E-state index in [2.05, 4.69) is 30.3 Å². The van der Waals surface area contributed by atoms with Gasteiger partial charge in [-0.25, -0.2) is 0 Å². The lowest BCUT2D eigenvalue weighted by atomic mass is 10.00. The topological polar surface area (TPSA) is 36.9 Å². The molecule has 160 valence electrons. The maximum Gasteiger partial charge on any atom is 0.127 e. The highest BCUT2D eigenvalue weighted by Gasteiger charge is 2.12. The number of hydrogen-bond acceptors (Lipinski definition) is 4. The molecule has 0 aromatic heterocycles. The van der Waals surface area contributed by atoms with Crippen molar-refractivity contribution in [3.8, 4) is 23.0 Å². The molecule has 0 unspecified atom stereocenters. The fraction of sp³-hybridized carbons (Fsp3) is 0.143. The molecule has 0 N–H and O–H groups in total. The van der Waals surface area contributed by atoms with Gasteiger partial charge < -0.3 is 18.9 Å². The molecular formula is C28H24O4. The van der Waals surface area contributed by atoms with E-state index in [-0.39, 0.29) is 0 Å². The molecule has 1 aliphatic carbocycles. The van der Waals surface area contributed by atoms with Crippen LogP contribution >= 0.6 is 0 Å². The first-order valence-corrected chi connectivity index (χ1v) is 10.4. The van der Waals surface area contributed by atoms with Crippen LogP contribution in [0.4, 0.5) is 0 Å². The number of rotatable bonds is 4. The van der Waals surface area contributed by atoms with Gasteiger partial charge in [0.05, 0.1) is 28.4 Å². The molecule has 0 radical (unpaired) electrons. The van der Waals surface area contributed by atoms with Gasteiger partial charge in [0.2, 0.25) is 0 Å². The number of methoxy groups -OCH3 is 4. The second kappa shape index (κ2) is 7.97. The summed E-state index contributed by atoms with van der Waals surface area (Å²) >= 11 is 0. The first kappa shape index (κ1) is 20.0. The molecule has 4 aromatic carbocycles. The average molecular weight is 424 g/mol. The van der Waals surface area contributed by atoms with E-state index in [1.54, 1.807) is 28.4 Å². The van der Waals surface area contributed by atoms with Crippen molar-refractivity contribution >= 4 is 0 Å². The van der Waals surface area contributed by atoms with E-state index < -0.39 is 0 Å². The highest BCUT2D eigenvalue weighted by Crippen LogP contribution is 2.30. The van der Waals surface area contributed by atoms with Gasteiger partial charge in [-0.3, -0.25) is 0 Å². The summed E-state index contributed by atoms with van der Waals surface area (Å²) in [4.78, 5) is 0. The van der Waals surface area contributed by atoms with Crippen molar-refractivity contribution in [2.24, 2.45) is 0 Å². The monoisotopic (exact) mass is 424 g/mol. The van der Waals surface area contributed by atoms with Crippen LogP contribution in [0.3, 0.4) is 0 Å². The van der Waals surface area contributed by atoms with Gasteiger partial charge in [-0.1, -0.05) is 48.5 Å². The lowest BCUT2D eigenvalue weighted by Crippen LogP contribution is -1.98. The SMILES string of the molecule is COc1cccc2/c1=c1/c(OC)ccc(OC)/c1=c1\cccc\c1=c1/cccc(OC)/c1=2. The zero-order valence-electron chi connectivity index (χ0n) is 18.6. The predicted octanol–water partition coefficient (Wildman–Crippen LogP) is 5.18. The average Bonchev–Trinajstić information content (AvgIpc) is 2.85. The molecule has 0 saturated carbocycles. The highest BCUT2D eigenvalue weighted by atomic mass is 16.5. The number of ether oxygens (including phenoxy) is 4. The lowest BCUT2D eigenvalue weighted by molar-refractivity contribution is 0.395. The maximum atomic E-state index is 5.88. The fourth-order valence-electron chi connectivity index (χ4n) is 4.73. The minimum absolute atomic E-state index is 0.750. The maximum absolute atomic E-state index is 5.88. The Balaban J connectivity index is 2.48. The molecule has 0 saturated heterocycles. The number of fused-ring (bicyclic) bond motifs is 4. The van der Waals surface area contributed by atoms with Crippen LogP contribution in [0.2, 0.25) is 0 Å². The van der Waals surface area contributed by atoms with Crippen molar-refractivity contribution < 1.29 is 18.9 Å². The van der Waals surface area contributed by atoms with E-state index >= 15 is 0 Å². The lowest BCUT2D eigenvalue weighted by Gasteiger charge is -2.12. The molecule has 0 fully saturated rings. The van der Waals surface area contributed by atoms with E-state index in [1.807, 2.05) is 42.5 Å². The Hall–Kier alpha value is -3.92.